The van der Waals surface area contributed by atoms with Crippen LogP contribution >= 0.6 is 0 Å². The first kappa shape index (κ1) is 21.9. The predicted molar refractivity (Wildman–Crippen MR) is 123 cm³/mol. The van der Waals surface area contributed by atoms with Crippen LogP contribution in [0.15, 0.2) is 59.6 Å². The maximum atomic E-state index is 11.9. The zero-order valence-electron chi connectivity index (χ0n) is 18.2. The van der Waals surface area contributed by atoms with Crippen LogP contribution < -0.4 is 10.6 Å². The van der Waals surface area contributed by atoms with Gasteiger partial charge < -0.3 is 15.5 Å². The molecule has 0 saturated carbocycles. The highest BCUT2D eigenvalue weighted by Crippen LogP contribution is 2.15. The molecular formula is C25H34N4O. The van der Waals surface area contributed by atoms with Gasteiger partial charge in [-0.2, -0.15) is 0 Å². The highest BCUT2D eigenvalue weighted by molar-refractivity contribution is 5.80. The van der Waals surface area contributed by atoms with Gasteiger partial charge in [-0.15, -0.1) is 0 Å². The summed E-state index contributed by atoms with van der Waals surface area (Å²) < 4.78 is 0. The average molecular weight is 407 g/mol. The van der Waals surface area contributed by atoms with E-state index >= 15 is 0 Å². The quantitative estimate of drug-likeness (QED) is 0.491. The molecule has 1 amide bonds. The number of rotatable bonds is 9. The van der Waals surface area contributed by atoms with Gasteiger partial charge in [-0.25, -0.2) is 4.99 Å². The first-order valence-corrected chi connectivity index (χ1v) is 11.1. The Hall–Kier alpha value is -2.82. The Morgan fingerprint density at radius 3 is 2.60 bits per heavy atom. The lowest BCUT2D eigenvalue weighted by Crippen LogP contribution is -2.42. The van der Waals surface area contributed by atoms with E-state index in [-0.39, 0.29) is 5.91 Å². The smallest absolute Gasteiger partial charge is 0.222 e. The topological polar surface area (TPSA) is 56.7 Å². The van der Waals surface area contributed by atoms with E-state index < -0.39 is 0 Å². The number of amides is 1. The van der Waals surface area contributed by atoms with Crippen LogP contribution in [0.2, 0.25) is 0 Å². The van der Waals surface area contributed by atoms with Crippen LogP contribution in [-0.4, -0.2) is 35.9 Å². The van der Waals surface area contributed by atoms with E-state index in [1.165, 1.54) is 11.1 Å². The van der Waals surface area contributed by atoms with E-state index in [4.69, 9.17) is 4.99 Å². The van der Waals surface area contributed by atoms with Crippen molar-refractivity contribution in [1.82, 2.24) is 15.5 Å². The third-order valence-corrected chi connectivity index (χ3v) is 5.39. The zero-order chi connectivity index (χ0) is 21.2. The summed E-state index contributed by atoms with van der Waals surface area (Å²) in [7, 11) is 0. The number of guanidine groups is 1. The molecule has 1 aliphatic rings. The Balaban J connectivity index is 1.54. The van der Waals surface area contributed by atoms with E-state index in [0.717, 1.165) is 43.9 Å². The Labute approximate surface area is 180 Å². The molecular weight excluding hydrogens is 372 g/mol. The molecule has 1 aliphatic heterocycles. The van der Waals surface area contributed by atoms with Gasteiger partial charge in [0.25, 0.3) is 0 Å². The summed E-state index contributed by atoms with van der Waals surface area (Å²) in [6, 6.07) is 19.3. The molecule has 0 radical (unpaired) electrons. The maximum Gasteiger partial charge on any atom is 0.222 e. The fraction of sp³-hybridized carbons (Fsp3) is 0.440. The number of hydrogen-bond donors (Lipinski definition) is 2. The van der Waals surface area contributed by atoms with Crippen molar-refractivity contribution < 1.29 is 4.79 Å². The molecule has 1 unspecified atom stereocenters. The average Bonchev–Trinajstić information content (AvgIpc) is 3.16. The molecule has 2 aromatic rings. The SMILES string of the molecule is CCNC(=NCc1cccc(CN2CCCC2=O)c1)NC(C)CCc1ccccc1. The molecule has 30 heavy (non-hydrogen) atoms. The summed E-state index contributed by atoms with van der Waals surface area (Å²) in [6.45, 7) is 7.29. The van der Waals surface area contributed by atoms with Crippen molar-refractivity contribution in [2.45, 2.75) is 58.7 Å². The number of likely N-dealkylation sites (tertiary alicyclic amines) is 1. The summed E-state index contributed by atoms with van der Waals surface area (Å²) in [5, 5.41) is 6.87. The van der Waals surface area contributed by atoms with Crippen LogP contribution in [0.3, 0.4) is 0 Å². The number of carbonyl (C=O) groups is 1. The van der Waals surface area contributed by atoms with Crippen LogP contribution in [0, 0.1) is 0 Å². The van der Waals surface area contributed by atoms with Crippen molar-refractivity contribution >= 4 is 11.9 Å². The highest BCUT2D eigenvalue weighted by Gasteiger charge is 2.19. The van der Waals surface area contributed by atoms with Gasteiger partial charge in [0.2, 0.25) is 5.91 Å². The number of hydrogen-bond acceptors (Lipinski definition) is 2. The van der Waals surface area contributed by atoms with Gasteiger partial charge in [0.1, 0.15) is 0 Å². The van der Waals surface area contributed by atoms with Gasteiger partial charge in [0, 0.05) is 32.1 Å². The molecule has 2 aromatic carbocycles. The lowest BCUT2D eigenvalue weighted by molar-refractivity contribution is -0.128. The highest BCUT2D eigenvalue weighted by atomic mass is 16.2. The van der Waals surface area contributed by atoms with E-state index in [1.54, 1.807) is 0 Å². The van der Waals surface area contributed by atoms with E-state index in [9.17, 15) is 4.79 Å². The molecule has 0 aliphatic carbocycles. The molecule has 3 rings (SSSR count). The Morgan fingerprint density at radius 2 is 1.87 bits per heavy atom. The minimum atomic E-state index is 0.265. The van der Waals surface area contributed by atoms with E-state index in [1.807, 2.05) is 4.90 Å². The molecule has 2 N–H and O–H groups in total. The summed E-state index contributed by atoms with van der Waals surface area (Å²) in [5.74, 6) is 1.11. The number of aryl methyl sites for hydroxylation is 1. The first-order chi connectivity index (χ1) is 14.6. The van der Waals surface area contributed by atoms with Crippen LogP contribution in [0.25, 0.3) is 0 Å². The second-order valence-electron chi connectivity index (χ2n) is 8.00. The van der Waals surface area contributed by atoms with Crippen LogP contribution in [0.4, 0.5) is 0 Å². The molecule has 5 heteroatoms. The second kappa shape index (κ2) is 11.4. The zero-order valence-corrected chi connectivity index (χ0v) is 18.2. The van der Waals surface area contributed by atoms with E-state index in [2.05, 4.69) is 79.1 Å². The van der Waals surface area contributed by atoms with Crippen molar-refractivity contribution in [3.63, 3.8) is 0 Å². The fourth-order valence-corrected chi connectivity index (χ4v) is 3.74. The fourth-order valence-electron chi connectivity index (χ4n) is 3.74. The molecule has 5 nitrogen and oxygen atoms in total. The molecule has 1 atom stereocenters. The van der Waals surface area contributed by atoms with Gasteiger partial charge in [-0.1, -0.05) is 54.6 Å². The molecule has 0 aromatic heterocycles. The monoisotopic (exact) mass is 406 g/mol. The number of nitrogens with one attached hydrogen (secondary N) is 2. The third-order valence-electron chi connectivity index (χ3n) is 5.39. The normalized spacial score (nSPS) is 15.3. The molecule has 1 fully saturated rings. The standard InChI is InChI=1S/C25H34N4O/c1-3-26-25(28-20(2)14-15-21-9-5-4-6-10-21)27-18-22-11-7-12-23(17-22)19-29-16-8-13-24(29)30/h4-7,9-12,17,20H,3,8,13-16,18-19H2,1-2H3,(H2,26,27,28). The first-order valence-electron chi connectivity index (χ1n) is 11.1. The largest absolute Gasteiger partial charge is 0.357 e. The number of aliphatic imine (C=N–C) groups is 1. The van der Waals surface area contributed by atoms with Crippen molar-refractivity contribution in [3.05, 3.63) is 71.3 Å². The van der Waals surface area contributed by atoms with Gasteiger partial charge in [-0.05, 0) is 49.8 Å². The number of nitrogens with zero attached hydrogens (tertiary/aromatic N) is 2. The lowest BCUT2D eigenvalue weighted by Gasteiger charge is -2.18. The van der Waals surface area contributed by atoms with E-state index in [0.29, 0.717) is 25.6 Å². The van der Waals surface area contributed by atoms with Crippen LogP contribution in [0.5, 0.6) is 0 Å². The van der Waals surface area contributed by atoms with Gasteiger partial charge in [-0.3, -0.25) is 4.79 Å². The summed E-state index contributed by atoms with van der Waals surface area (Å²) >= 11 is 0. The molecule has 0 spiro atoms. The molecule has 160 valence electrons. The summed E-state index contributed by atoms with van der Waals surface area (Å²) in [6.07, 6.45) is 3.76. The predicted octanol–water partition coefficient (Wildman–Crippen LogP) is 3.89. The Morgan fingerprint density at radius 1 is 1.10 bits per heavy atom. The molecule has 1 saturated heterocycles. The van der Waals surface area contributed by atoms with Gasteiger partial charge in [0.05, 0.1) is 6.54 Å². The Kier molecular flexibility index (Phi) is 8.30. The maximum absolute atomic E-state index is 11.9. The molecule has 0 bridgehead atoms. The summed E-state index contributed by atoms with van der Waals surface area (Å²) in [5.41, 5.74) is 3.70. The van der Waals surface area contributed by atoms with Gasteiger partial charge >= 0.3 is 0 Å². The second-order valence-corrected chi connectivity index (χ2v) is 8.00. The van der Waals surface area contributed by atoms with Crippen molar-refractivity contribution in [2.75, 3.05) is 13.1 Å². The Bertz CT molecular complexity index is 834. The third kappa shape index (κ3) is 6.90. The number of benzene rings is 2. The van der Waals surface area contributed by atoms with Crippen molar-refractivity contribution in [2.24, 2.45) is 4.99 Å². The molecule has 1 heterocycles. The number of carbonyl (C=O) groups excluding carboxylic acids is 1. The van der Waals surface area contributed by atoms with Crippen molar-refractivity contribution in [3.8, 4) is 0 Å². The lowest BCUT2D eigenvalue weighted by atomic mass is 10.1. The minimum Gasteiger partial charge on any atom is -0.357 e. The summed E-state index contributed by atoms with van der Waals surface area (Å²) in [4.78, 5) is 18.6. The van der Waals surface area contributed by atoms with Crippen molar-refractivity contribution in [1.29, 1.82) is 0 Å². The van der Waals surface area contributed by atoms with Crippen LogP contribution in [-0.2, 0) is 24.3 Å². The van der Waals surface area contributed by atoms with Crippen LogP contribution in [0.1, 0.15) is 49.8 Å². The van der Waals surface area contributed by atoms with Gasteiger partial charge in [0.15, 0.2) is 5.96 Å². The minimum absolute atomic E-state index is 0.265.